The summed E-state index contributed by atoms with van der Waals surface area (Å²) in [6.45, 7) is 12.4. The van der Waals surface area contributed by atoms with Crippen molar-refractivity contribution in [3.63, 3.8) is 0 Å². The molecular formula is C37H38OSiSn. The van der Waals surface area contributed by atoms with E-state index in [1.807, 2.05) is 0 Å². The van der Waals surface area contributed by atoms with Gasteiger partial charge in [0.25, 0.3) is 0 Å². The molecule has 1 nitrogen and oxygen atoms in total. The molecule has 0 aliphatic rings. The molecule has 5 aromatic carbocycles. The van der Waals surface area contributed by atoms with Gasteiger partial charge in [0.2, 0.25) is 0 Å². The maximum absolute atomic E-state index is 7.49. The average molecular weight is 646 g/mol. The van der Waals surface area contributed by atoms with Gasteiger partial charge in [0, 0.05) is 0 Å². The summed E-state index contributed by atoms with van der Waals surface area (Å²) < 4.78 is 12.9. The number of benzene rings is 5. The Hall–Kier alpha value is -3.18. The van der Waals surface area contributed by atoms with Crippen molar-refractivity contribution in [2.75, 3.05) is 6.61 Å². The Labute approximate surface area is 245 Å². The second kappa shape index (κ2) is 12.1. The van der Waals surface area contributed by atoms with Gasteiger partial charge in [-0.1, -0.05) is 0 Å². The summed E-state index contributed by atoms with van der Waals surface area (Å²) in [6.07, 6.45) is 0. The van der Waals surface area contributed by atoms with E-state index in [9.17, 15) is 0 Å². The summed E-state index contributed by atoms with van der Waals surface area (Å²) in [4.78, 5) is 0. The second-order valence-electron chi connectivity index (χ2n) is 11.4. The normalized spacial score (nSPS) is 12.2. The fraction of sp³-hybridized carbons (Fsp3) is 0.135. The van der Waals surface area contributed by atoms with E-state index in [-0.39, 0.29) is 5.04 Å². The van der Waals surface area contributed by atoms with Gasteiger partial charge in [0.05, 0.1) is 0 Å². The molecule has 5 rings (SSSR count). The first-order valence-electron chi connectivity index (χ1n) is 14.0. The van der Waals surface area contributed by atoms with Crippen molar-refractivity contribution >= 4 is 47.8 Å². The van der Waals surface area contributed by atoms with Crippen LogP contribution in [0.3, 0.4) is 0 Å². The zero-order valence-electron chi connectivity index (χ0n) is 23.8. The molecule has 0 fully saturated rings. The van der Waals surface area contributed by atoms with E-state index >= 15 is 0 Å². The number of hydrogen-bond acceptors (Lipinski definition) is 1. The molecule has 0 saturated heterocycles. The van der Waals surface area contributed by atoms with Crippen molar-refractivity contribution in [2.45, 2.75) is 25.8 Å². The quantitative estimate of drug-likeness (QED) is 0.184. The summed E-state index contributed by atoms with van der Waals surface area (Å²) in [5.41, 5.74) is 0. The summed E-state index contributed by atoms with van der Waals surface area (Å²) in [5, 5.41) is 2.49. The van der Waals surface area contributed by atoms with Crippen LogP contribution >= 0.6 is 0 Å². The molecule has 0 bridgehead atoms. The third-order valence-electron chi connectivity index (χ3n) is 8.03. The molecule has 5 aromatic rings. The molecule has 0 atom stereocenters. The fourth-order valence-corrected chi connectivity index (χ4v) is 24.3. The SMILES string of the molecule is C=[C](CO[Si](c1ccccc1)(c1ccccc1)C(C)(C)C)[Sn]([c]1ccccc1)([c]1ccccc1)[c]1ccccc1. The third-order valence-corrected chi connectivity index (χ3v) is 26.7. The van der Waals surface area contributed by atoms with E-state index in [1.165, 1.54) is 24.7 Å². The van der Waals surface area contributed by atoms with Crippen LogP contribution in [0.5, 0.6) is 0 Å². The molecule has 0 heterocycles. The molecule has 0 aromatic heterocycles. The first-order chi connectivity index (χ1) is 19.4. The topological polar surface area (TPSA) is 9.23 Å². The summed E-state index contributed by atoms with van der Waals surface area (Å²) in [7, 11) is -2.72. The van der Waals surface area contributed by atoms with Gasteiger partial charge in [-0.15, -0.1) is 0 Å². The van der Waals surface area contributed by atoms with E-state index in [4.69, 9.17) is 11.0 Å². The van der Waals surface area contributed by atoms with Crippen molar-refractivity contribution in [1.29, 1.82) is 0 Å². The fourth-order valence-electron chi connectivity index (χ4n) is 6.24. The van der Waals surface area contributed by atoms with Gasteiger partial charge in [-0.3, -0.25) is 0 Å². The van der Waals surface area contributed by atoms with Crippen molar-refractivity contribution < 1.29 is 4.43 Å². The van der Waals surface area contributed by atoms with Crippen LogP contribution in [0.25, 0.3) is 0 Å². The molecule has 0 unspecified atom stereocenters. The van der Waals surface area contributed by atoms with Gasteiger partial charge in [-0.2, -0.15) is 0 Å². The van der Waals surface area contributed by atoms with E-state index < -0.39 is 26.7 Å². The molecule has 0 spiro atoms. The van der Waals surface area contributed by atoms with Gasteiger partial charge in [-0.05, 0) is 0 Å². The molecule has 0 amide bonds. The predicted molar refractivity (Wildman–Crippen MR) is 177 cm³/mol. The summed E-state index contributed by atoms with van der Waals surface area (Å²) >= 11 is -3.77. The zero-order valence-corrected chi connectivity index (χ0v) is 27.6. The van der Waals surface area contributed by atoms with Crippen molar-refractivity contribution in [1.82, 2.24) is 0 Å². The molecule has 0 saturated carbocycles. The van der Waals surface area contributed by atoms with Gasteiger partial charge >= 0.3 is 246 Å². The minimum absolute atomic E-state index is 0.0968. The van der Waals surface area contributed by atoms with Crippen molar-refractivity contribution in [2.24, 2.45) is 0 Å². The standard InChI is InChI=1S/C19H23OSi.3C6H5.Sn/c1-5-16-20-21(19(2,3)4,17-12-8-6-9-13-17)18-14-10-7-11-15-18;3*1-2-4-6-5-3-1;/h6-15H,1,16H2,2-4H3;3*1-5H;. The van der Waals surface area contributed by atoms with Gasteiger partial charge in [0.1, 0.15) is 0 Å². The Kier molecular flexibility index (Phi) is 8.60. The molecule has 0 aliphatic heterocycles. The van der Waals surface area contributed by atoms with E-state index in [0.717, 1.165) is 0 Å². The monoisotopic (exact) mass is 646 g/mol. The summed E-state index contributed by atoms with van der Waals surface area (Å²) in [6, 6.07) is 55.0. The molecule has 40 heavy (non-hydrogen) atoms. The first-order valence-corrected chi connectivity index (χ1v) is 21.6. The third kappa shape index (κ3) is 5.16. The molecule has 0 aliphatic carbocycles. The van der Waals surface area contributed by atoms with Crippen LogP contribution in [0.2, 0.25) is 5.04 Å². The molecule has 200 valence electrons. The van der Waals surface area contributed by atoms with Crippen LogP contribution in [-0.4, -0.2) is 33.3 Å². The van der Waals surface area contributed by atoms with Crippen molar-refractivity contribution in [3.05, 3.63) is 162 Å². The van der Waals surface area contributed by atoms with Crippen LogP contribution in [-0.2, 0) is 4.43 Å². The van der Waals surface area contributed by atoms with E-state index in [2.05, 4.69) is 172 Å². The van der Waals surface area contributed by atoms with E-state index in [1.54, 1.807) is 0 Å². The zero-order chi connectivity index (χ0) is 28.1. The van der Waals surface area contributed by atoms with Crippen LogP contribution in [0, 0.1) is 0 Å². The van der Waals surface area contributed by atoms with Crippen LogP contribution in [0.1, 0.15) is 20.8 Å². The average Bonchev–Trinajstić information content (AvgIpc) is 3.00. The Balaban J connectivity index is 1.70. The molecule has 0 radical (unpaired) electrons. The maximum atomic E-state index is 7.49. The first kappa shape index (κ1) is 28.3. The molecular weight excluding hydrogens is 607 g/mol. The van der Waals surface area contributed by atoms with Gasteiger partial charge < -0.3 is 0 Å². The van der Waals surface area contributed by atoms with Crippen LogP contribution < -0.4 is 21.1 Å². The Morgan fingerprint density at radius 2 is 0.850 bits per heavy atom. The van der Waals surface area contributed by atoms with Gasteiger partial charge in [-0.25, -0.2) is 0 Å². The molecule has 3 heteroatoms. The Morgan fingerprint density at radius 1 is 0.550 bits per heavy atom. The van der Waals surface area contributed by atoms with Gasteiger partial charge in [0.15, 0.2) is 0 Å². The van der Waals surface area contributed by atoms with Crippen LogP contribution in [0.4, 0.5) is 0 Å². The van der Waals surface area contributed by atoms with Crippen molar-refractivity contribution in [3.8, 4) is 0 Å². The Bertz CT molecular complexity index is 1380. The minimum atomic E-state index is -3.77. The molecule has 0 N–H and O–H groups in total. The van der Waals surface area contributed by atoms with E-state index in [0.29, 0.717) is 6.61 Å². The number of hydrogen-bond donors (Lipinski definition) is 0. The Morgan fingerprint density at radius 3 is 1.15 bits per heavy atom. The van der Waals surface area contributed by atoms with Crippen LogP contribution in [0.15, 0.2) is 162 Å². The summed E-state index contributed by atoms with van der Waals surface area (Å²) in [5.74, 6) is 0. The second-order valence-corrected chi connectivity index (χ2v) is 27.0. The predicted octanol–water partition coefficient (Wildman–Crippen LogP) is 5.83. The number of rotatable bonds is 9.